The SMILES string of the molecule is C=C(c1ccccc1)C(CS(=O)(=O)c1ccccc1)c1ccccc1. The molecule has 1 unspecified atom stereocenters. The molecule has 2 nitrogen and oxygen atoms in total. The predicted octanol–water partition coefficient (Wildman–Crippen LogP) is 4.96. The zero-order valence-electron chi connectivity index (χ0n) is 13.9. The maximum atomic E-state index is 12.9. The van der Waals surface area contributed by atoms with Gasteiger partial charge in [0.15, 0.2) is 9.84 Å². The lowest BCUT2D eigenvalue weighted by Gasteiger charge is -2.21. The van der Waals surface area contributed by atoms with Crippen molar-refractivity contribution in [2.75, 3.05) is 5.75 Å². The largest absolute Gasteiger partial charge is 0.224 e. The first-order valence-corrected chi connectivity index (χ1v) is 9.80. The third kappa shape index (κ3) is 4.06. The molecule has 0 saturated carbocycles. The van der Waals surface area contributed by atoms with Crippen LogP contribution in [0.2, 0.25) is 0 Å². The molecular weight excluding hydrogens is 328 g/mol. The predicted molar refractivity (Wildman–Crippen MR) is 103 cm³/mol. The summed E-state index contributed by atoms with van der Waals surface area (Å²) in [7, 11) is -3.42. The molecule has 3 aromatic rings. The van der Waals surface area contributed by atoms with Crippen molar-refractivity contribution in [3.05, 3.63) is 109 Å². The van der Waals surface area contributed by atoms with E-state index in [9.17, 15) is 8.42 Å². The van der Waals surface area contributed by atoms with Gasteiger partial charge in [-0.1, -0.05) is 85.4 Å². The Balaban J connectivity index is 1.99. The molecule has 3 rings (SSSR count). The van der Waals surface area contributed by atoms with Crippen LogP contribution in [0.1, 0.15) is 17.0 Å². The number of hydrogen-bond acceptors (Lipinski definition) is 2. The third-order valence-corrected chi connectivity index (χ3v) is 6.02. The lowest BCUT2D eigenvalue weighted by atomic mass is 9.89. The molecule has 25 heavy (non-hydrogen) atoms. The van der Waals surface area contributed by atoms with Gasteiger partial charge in [0.25, 0.3) is 0 Å². The van der Waals surface area contributed by atoms with Gasteiger partial charge in [0.2, 0.25) is 0 Å². The average Bonchev–Trinajstić information content (AvgIpc) is 2.68. The number of allylic oxidation sites excluding steroid dienone is 1. The van der Waals surface area contributed by atoms with Crippen molar-refractivity contribution in [3.63, 3.8) is 0 Å². The van der Waals surface area contributed by atoms with Gasteiger partial charge in [0.05, 0.1) is 10.6 Å². The molecule has 126 valence electrons. The Hall–Kier alpha value is -2.65. The van der Waals surface area contributed by atoms with Crippen molar-refractivity contribution in [2.45, 2.75) is 10.8 Å². The van der Waals surface area contributed by atoms with Crippen LogP contribution in [-0.2, 0) is 9.84 Å². The zero-order valence-corrected chi connectivity index (χ0v) is 14.7. The van der Waals surface area contributed by atoms with Crippen molar-refractivity contribution in [2.24, 2.45) is 0 Å². The van der Waals surface area contributed by atoms with Gasteiger partial charge in [-0.15, -0.1) is 0 Å². The van der Waals surface area contributed by atoms with Crippen molar-refractivity contribution in [1.82, 2.24) is 0 Å². The topological polar surface area (TPSA) is 34.1 Å². The van der Waals surface area contributed by atoms with E-state index in [1.54, 1.807) is 24.3 Å². The maximum absolute atomic E-state index is 12.9. The van der Waals surface area contributed by atoms with E-state index in [1.807, 2.05) is 66.7 Å². The van der Waals surface area contributed by atoms with Crippen LogP contribution in [-0.4, -0.2) is 14.2 Å². The molecule has 0 amide bonds. The van der Waals surface area contributed by atoms with Crippen LogP contribution in [0.5, 0.6) is 0 Å². The highest BCUT2D eigenvalue weighted by Crippen LogP contribution is 2.33. The van der Waals surface area contributed by atoms with Gasteiger partial charge in [-0.05, 0) is 28.8 Å². The summed E-state index contributed by atoms with van der Waals surface area (Å²) in [6.45, 7) is 4.22. The molecule has 0 bridgehead atoms. The summed E-state index contributed by atoms with van der Waals surface area (Å²) in [6, 6.07) is 28.0. The molecule has 0 radical (unpaired) electrons. The summed E-state index contributed by atoms with van der Waals surface area (Å²) in [5.74, 6) is -0.303. The van der Waals surface area contributed by atoms with Crippen LogP contribution >= 0.6 is 0 Å². The standard InChI is InChI=1S/C22H20O2S/c1-18(19-11-5-2-6-12-19)22(20-13-7-3-8-14-20)17-25(23,24)21-15-9-4-10-16-21/h2-16,22H,1,17H2. The van der Waals surface area contributed by atoms with E-state index >= 15 is 0 Å². The fourth-order valence-corrected chi connectivity index (χ4v) is 4.48. The van der Waals surface area contributed by atoms with E-state index in [1.165, 1.54) is 0 Å². The van der Waals surface area contributed by atoms with Gasteiger partial charge in [-0.2, -0.15) is 0 Å². The molecule has 0 heterocycles. The summed E-state index contributed by atoms with van der Waals surface area (Å²) < 4.78 is 25.8. The van der Waals surface area contributed by atoms with Crippen LogP contribution in [0.25, 0.3) is 5.57 Å². The molecule has 3 aromatic carbocycles. The molecule has 3 heteroatoms. The smallest absolute Gasteiger partial charge is 0.179 e. The van der Waals surface area contributed by atoms with Gasteiger partial charge in [0, 0.05) is 5.92 Å². The number of hydrogen-bond donors (Lipinski definition) is 0. The van der Waals surface area contributed by atoms with E-state index in [4.69, 9.17) is 0 Å². The lowest BCUT2D eigenvalue weighted by molar-refractivity contribution is 0.593. The minimum Gasteiger partial charge on any atom is -0.224 e. The van der Waals surface area contributed by atoms with Gasteiger partial charge in [0.1, 0.15) is 0 Å². The molecular formula is C22H20O2S. The first kappa shape index (κ1) is 17.2. The molecule has 0 aliphatic carbocycles. The van der Waals surface area contributed by atoms with Gasteiger partial charge < -0.3 is 0 Å². The monoisotopic (exact) mass is 348 g/mol. The van der Waals surface area contributed by atoms with E-state index in [0.717, 1.165) is 16.7 Å². The van der Waals surface area contributed by atoms with E-state index in [-0.39, 0.29) is 11.7 Å². The first-order valence-electron chi connectivity index (χ1n) is 8.15. The van der Waals surface area contributed by atoms with Crippen LogP contribution in [0, 0.1) is 0 Å². The van der Waals surface area contributed by atoms with Gasteiger partial charge in [-0.25, -0.2) is 8.42 Å². The lowest BCUT2D eigenvalue weighted by Crippen LogP contribution is -2.16. The summed E-state index contributed by atoms with van der Waals surface area (Å²) in [4.78, 5) is 0.344. The molecule has 0 aliphatic rings. The van der Waals surface area contributed by atoms with E-state index in [2.05, 4.69) is 6.58 Å². The molecule has 0 N–H and O–H groups in total. The minimum absolute atomic E-state index is 0.00520. The van der Waals surface area contributed by atoms with Crippen LogP contribution < -0.4 is 0 Å². The Bertz CT molecular complexity index is 931. The summed E-state index contributed by atoms with van der Waals surface area (Å²) >= 11 is 0. The van der Waals surface area contributed by atoms with Crippen LogP contribution in [0.3, 0.4) is 0 Å². The Morgan fingerprint density at radius 1 is 0.760 bits per heavy atom. The number of benzene rings is 3. The normalized spacial score (nSPS) is 12.5. The van der Waals surface area contributed by atoms with Crippen molar-refractivity contribution in [1.29, 1.82) is 0 Å². The Kier molecular flexibility index (Phi) is 5.15. The van der Waals surface area contributed by atoms with Gasteiger partial charge >= 0.3 is 0 Å². The Labute approximate surface area is 149 Å². The van der Waals surface area contributed by atoms with E-state index in [0.29, 0.717) is 4.90 Å². The highest BCUT2D eigenvalue weighted by atomic mass is 32.2. The Morgan fingerprint density at radius 3 is 1.80 bits per heavy atom. The zero-order chi connectivity index (χ0) is 17.7. The molecule has 0 fully saturated rings. The van der Waals surface area contributed by atoms with Gasteiger partial charge in [-0.3, -0.25) is 0 Å². The molecule has 0 aliphatic heterocycles. The van der Waals surface area contributed by atoms with Crippen molar-refractivity contribution in [3.8, 4) is 0 Å². The highest BCUT2D eigenvalue weighted by molar-refractivity contribution is 7.91. The fraction of sp³-hybridized carbons (Fsp3) is 0.0909. The third-order valence-electron chi connectivity index (χ3n) is 4.26. The quantitative estimate of drug-likeness (QED) is 0.631. The summed E-state index contributed by atoms with van der Waals surface area (Å²) in [6.07, 6.45) is 0. The summed E-state index contributed by atoms with van der Waals surface area (Å²) in [5.41, 5.74) is 2.72. The molecule has 0 aromatic heterocycles. The summed E-state index contributed by atoms with van der Waals surface area (Å²) in [5, 5.41) is 0. The second-order valence-corrected chi connectivity index (χ2v) is 7.98. The second kappa shape index (κ2) is 7.49. The average molecular weight is 348 g/mol. The van der Waals surface area contributed by atoms with Crippen LogP contribution in [0.15, 0.2) is 102 Å². The minimum atomic E-state index is -3.42. The van der Waals surface area contributed by atoms with Crippen molar-refractivity contribution >= 4 is 15.4 Å². The second-order valence-electron chi connectivity index (χ2n) is 5.95. The molecule has 0 saturated heterocycles. The van der Waals surface area contributed by atoms with Crippen molar-refractivity contribution < 1.29 is 8.42 Å². The van der Waals surface area contributed by atoms with Crippen LogP contribution in [0.4, 0.5) is 0 Å². The number of sulfone groups is 1. The maximum Gasteiger partial charge on any atom is 0.179 e. The first-order chi connectivity index (χ1) is 12.1. The highest BCUT2D eigenvalue weighted by Gasteiger charge is 2.25. The Morgan fingerprint density at radius 2 is 1.24 bits per heavy atom. The fourth-order valence-electron chi connectivity index (χ4n) is 2.88. The van der Waals surface area contributed by atoms with E-state index < -0.39 is 9.84 Å². The molecule has 0 spiro atoms. The number of rotatable bonds is 6. The molecule has 1 atom stereocenters.